The average molecular weight is 414 g/mol. The van der Waals surface area contributed by atoms with Gasteiger partial charge in [-0.05, 0) is 55.6 Å². The fourth-order valence-corrected chi connectivity index (χ4v) is 5.03. The highest BCUT2D eigenvalue weighted by molar-refractivity contribution is 5.69. The molecule has 1 aliphatic heterocycles. The lowest BCUT2D eigenvalue weighted by Gasteiger charge is -2.37. The molecule has 0 unspecified atom stereocenters. The van der Waals surface area contributed by atoms with E-state index >= 15 is 0 Å². The van der Waals surface area contributed by atoms with E-state index in [9.17, 15) is 9.18 Å². The summed E-state index contributed by atoms with van der Waals surface area (Å²) < 4.78 is 21.8. The van der Waals surface area contributed by atoms with Gasteiger partial charge in [0, 0.05) is 25.3 Å². The van der Waals surface area contributed by atoms with Gasteiger partial charge in [0.1, 0.15) is 11.5 Å². The number of carboxylic acid groups (broad SMARTS) is 1. The van der Waals surface area contributed by atoms with Crippen molar-refractivity contribution in [2.45, 2.75) is 37.8 Å². The Labute approximate surface area is 174 Å². The van der Waals surface area contributed by atoms with E-state index < -0.39 is 5.97 Å². The van der Waals surface area contributed by atoms with Gasteiger partial charge in [-0.3, -0.25) is 9.69 Å². The smallest absolute Gasteiger partial charge is 0.317 e. The number of halogens is 1. The zero-order valence-electron chi connectivity index (χ0n) is 16.9. The van der Waals surface area contributed by atoms with E-state index in [1.165, 1.54) is 25.0 Å². The zero-order valence-corrected chi connectivity index (χ0v) is 16.9. The summed E-state index contributed by atoms with van der Waals surface area (Å²) in [7, 11) is 0. The molecule has 2 aliphatic carbocycles. The Hall–Kier alpha value is -2.32. The summed E-state index contributed by atoms with van der Waals surface area (Å²) in [6, 6.07) is 6.44. The molecule has 30 heavy (non-hydrogen) atoms. The first-order valence-corrected chi connectivity index (χ1v) is 10.8. The van der Waals surface area contributed by atoms with Crippen LogP contribution in [0.5, 0.6) is 0 Å². The summed E-state index contributed by atoms with van der Waals surface area (Å²) in [5, 5.41) is 17.8. The van der Waals surface area contributed by atoms with Gasteiger partial charge < -0.3 is 9.84 Å². The number of fused-ring (bicyclic) bond motifs is 1. The van der Waals surface area contributed by atoms with Crippen molar-refractivity contribution >= 4 is 5.97 Å². The normalized spacial score (nSPS) is 29.1. The third kappa shape index (κ3) is 4.25. The van der Waals surface area contributed by atoms with Crippen molar-refractivity contribution in [3.63, 3.8) is 0 Å². The van der Waals surface area contributed by atoms with Gasteiger partial charge >= 0.3 is 5.97 Å². The molecule has 1 aromatic carbocycles. The van der Waals surface area contributed by atoms with Gasteiger partial charge in [0.2, 0.25) is 0 Å². The molecule has 3 fully saturated rings. The maximum absolute atomic E-state index is 13.6. The standard InChI is InChI=1S/C22H27FN4O3/c23-18-3-1-2-15(6-18)19-11-27(25-24-19)20-7-16-9-26(12-22(28)29)10-17(16)8-21(20)30-13-14-4-5-14/h1-3,6,11,14,16-17,20-21H,4-5,7-10,12-13H2,(H,28,29)/t16-,17+,20-,21-/m1/s1. The number of nitrogens with zero attached hydrogens (tertiary/aromatic N) is 4. The van der Waals surface area contributed by atoms with Gasteiger partial charge in [0.25, 0.3) is 0 Å². The third-order valence-electron chi connectivity index (χ3n) is 6.73. The molecule has 7 nitrogen and oxygen atoms in total. The molecule has 8 heteroatoms. The van der Waals surface area contributed by atoms with E-state index in [1.807, 2.05) is 21.8 Å². The lowest BCUT2D eigenvalue weighted by molar-refractivity contribution is -0.138. The molecule has 2 saturated carbocycles. The van der Waals surface area contributed by atoms with Crippen LogP contribution in [0.2, 0.25) is 0 Å². The van der Waals surface area contributed by atoms with E-state index in [0.717, 1.165) is 32.5 Å². The number of ether oxygens (including phenoxy) is 1. The van der Waals surface area contributed by atoms with Crippen LogP contribution in [0.15, 0.2) is 30.5 Å². The summed E-state index contributed by atoms with van der Waals surface area (Å²) in [5.74, 6) is 0.488. The average Bonchev–Trinajstić information content (AvgIpc) is 3.26. The van der Waals surface area contributed by atoms with Gasteiger partial charge in [-0.2, -0.15) is 0 Å². The summed E-state index contributed by atoms with van der Waals surface area (Å²) in [4.78, 5) is 13.2. The number of carboxylic acids is 1. The van der Waals surface area contributed by atoms with Crippen molar-refractivity contribution in [3.8, 4) is 11.3 Å². The summed E-state index contributed by atoms with van der Waals surface area (Å²) in [5.41, 5.74) is 1.36. The fourth-order valence-electron chi connectivity index (χ4n) is 5.03. The minimum atomic E-state index is -0.775. The van der Waals surface area contributed by atoms with E-state index in [0.29, 0.717) is 29.0 Å². The van der Waals surface area contributed by atoms with Crippen LogP contribution >= 0.6 is 0 Å². The second-order valence-corrected chi connectivity index (χ2v) is 9.06. The first-order valence-electron chi connectivity index (χ1n) is 10.8. The molecule has 5 rings (SSSR count). The van der Waals surface area contributed by atoms with Crippen molar-refractivity contribution in [3.05, 3.63) is 36.3 Å². The second-order valence-electron chi connectivity index (χ2n) is 9.06. The lowest BCUT2D eigenvalue weighted by Crippen LogP contribution is -2.38. The quantitative estimate of drug-likeness (QED) is 0.751. The number of benzene rings is 1. The van der Waals surface area contributed by atoms with Crippen LogP contribution < -0.4 is 0 Å². The largest absolute Gasteiger partial charge is 0.480 e. The predicted octanol–water partition coefficient (Wildman–Crippen LogP) is 2.85. The Morgan fingerprint density at radius 2 is 2.03 bits per heavy atom. The SMILES string of the molecule is O=C(O)CN1C[C@H]2C[C@@H](n3cc(-c4cccc(F)c4)nn3)[C@H](OCC3CC3)C[C@H]2C1. The molecular weight excluding hydrogens is 387 g/mol. The van der Waals surface area contributed by atoms with E-state index in [4.69, 9.17) is 9.84 Å². The van der Waals surface area contributed by atoms with Crippen molar-refractivity contribution in [1.29, 1.82) is 0 Å². The zero-order chi connectivity index (χ0) is 20.7. The third-order valence-corrected chi connectivity index (χ3v) is 6.73. The molecule has 0 radical (unpaired) electrons. The molecule has 0 spiro atoms. The van der Waals surface area contributed by atoms with Crippen molar-refractivity contribution < 1.29 is 19.0 Å². The Kier molecular flexibility index (Phi) is 5.28. The minimum absolute atomic E-state index is 0.0405. The Morgan fingerprint density at radius 1 is 1.23 bits per heavy atom. The Morgan fingerprint density at radius 3 is 2.77 bits per heavy atom. The Bertz CT molecular complexity index is 915. The van der Waals surface area contributed by atoms with Crippen LogP contribution in [0.1, 0.15) is 31.7 Å². The predicted molar refractivity (Wildman–Crippen MR) is 107 cm³/mol. The first-order chi connectivity index (χ1) is 14.5. The summed E-state index contributed by atoms with van der Waals surface area (Å²) in [6.07, 6.45) is 6.21. The Balaban J connectivity index is 1.35. The molecule has 2 aromatic rings. The van der Waals surface area contributed by atoms with Crippen LogP contribution in [0.25, 0.3) is 11.3 Å². The van der Waals surface area contributed by atoms with Crippen molar-refractivity contribution in [2.24, 2.45) is 17.8 Å². The highest BCUT2D eigenvalue weighted by Gasteiger charge is 2.44. The molecule has 2 heterocycles. The topological polar surface area (TPSA) is 80.5 Å². The van der Waals surface area contributed by atoms with E-state index in [-0.39, 0.29) is 24.5 Å². The number of hydrogen-bond donors (Lipinski definition) is 1. The fraction of sp³-hybridized carbons (Fsp3) is 0.591. The van der Waals surface area contributed by atoms with Crippen LogP contribution in [-0.4, -0.2) is 63.3 Å². The number of carbonyl (C=O) groups is 1. The van der Waals surface area contributed by atoms with Crippen LogP contribution in [0, 0.1) is 23.6 Å². The van der Waals surface area contributed by atoms with Crippen LogP contribution in [0.4, 0.5) is 4.39 Å². The van der Waals surface area contributed by atoms with Gasteiger partial charge in [-0.25, -0.2) is 9.07 Å². The monoisotopic (exact) mass is 414 g/mol. The van der Waals surface area contributed by atoms with Crippen LogP contribution in [0.3, 0.4) is 0 Å². The minimum Gasteiger partial charge on any atom is -0.480 e. The molecule has 4 atom stereocenters. The molecule has 160 valence electrons. The van der Waals surface area contributed by atoms with Crippen LogP contribution in [-0.2, 0) is 9.53 Å². The number of likely N-dealkylation sites (tertiary alicyclic amines) is 1. The maximum atomic E-state index is 13.6. The van der Waals surface area contributed by atoms with E-state index in [1.54, 1.807) is 6.07 Å². The highest BCUT2D eigenvalue weighted by atomic mass is 19.1. The number of rotatable bonds is 7. The van der Waals surface area contributed by atoms with E-state index in [2.05, 4.69) is 10.3 Å². The number of hydrogen-bond acceptors (Lipinski definition) is 5. The highest BCUT2D eigenvalue weighted by Crippen LogP contribution is 2.43. The van der Waals surface area contributed by atoms with Gasteiger partial charge in [0.05, 0.1) is 24.9 Å². The maximum Gasteiger partial charge on any atom is 0.317 e. The number of aromatic nitrogens is 3. The molecule has 1 saturated heterocycles. The molecular formula is C22H27FN4O3. The number of aliphatic carboxylic acids is 1. The lowest BCUT2D eigenvalue weighted by atomic mass is 9.77. The molecule has 1 N–H and O–H groups in total. The van der Waals surface area contributed by atoms with Gasteiger partial charge in [-0.15, -0.1) is 5.10 Å². The first kappa shape index (κ1) is 19.6. The summed E-state index contributed by atoms with van der Waals surface area (Å²) >= 11 is 0. The second kappa shape index (κ2) is 8.07. The van der Waals surface area contributed by atoms with Gasteiger partial charge in [-0.1, -0.05) is 17.3 Å². The molecule has 0 bridgehead atoms. The molecule has 3 aliphatic rings. The van der Waals surface area contributed by atoms with Crippen molar-refractivity contribution in [1.82, 2.24) is 19.9 Å². The molecule has 1 aromatic heterocycles. The summed E-state index contributed by atoms with van der Waals surface area (Å²) in [6.45, 7) is 2.49. The molecule has 0 amide bonds. The van der Waals surface area contributed by atoms with Gasteiger partial charge in [0.15, 0.2) is 0 Å². The van der Waals surface area contributed by atoms with Crippen molar-refractivity contribution in [2.75, 3.05) is 26.2 Å².